The molecule has 12 nitrogen and oxygen atoms in total. The fourth-order valence-electron chi connectivity index (χ4n) is 4.20. The van der Waals surface area contributed by atoms with E-state index in [1.165, 1.54) is 13.3 Å². The minimum atomic E-state index is -4.53. The molecule has 0 radical (unpaired) electrons. The fraction of sp³-hybridized carbons (Fsp3) is 0.360. The van der Waals surface area contributed by atoms with E-state index in [1.54, 1.807) is 38.1 Å². The van der Waals surface area contributed by atoms with Gasteiger partial charge in [-0.2, -0.15) is 0 Å². The van der Waals surface area contributed by atoms with E-state index in [0.29, 0.717) is 27.5 Å². The maximum Gasteiger partial charge on any atom is 0.270 e. The lowest BCUT2D eigenvalue weighted by Crippen LogP contribution is -2.35. The number of aliphatic hydroxyl groups is 2. The fourth-order valence-corrected chi connectivity index (χ4v) is 7.54. The minimum Gasteiger partial charge on any atom is -0.454 e. The van der Waals surface area contributed by atoms with Crippen molar-refractivity contribution in [3.63, 3.8) is 0 Å². The molecular weight excluding hydrogens is 586 g/mol. The normalized spacial score (nSPS) is 14.6. The Bertz CT molecular complexity index is 1640. The third-order valence-corrected chi connectivity index (χ3v) is 9.85. The minimum absolute atomic E-state index is 0.00605. The van der Waals surface area contributed by atoms with Crippen LogP contribution in [-0.2, 0) is 25.9 Å². The number of aromatic nitrogens is 2. The van der Waals surface area contributed by atoms with E-state index in [4.69, 9.17) is 35.1 Å². The van der Waals surface area contributed by atoms with E-state index in [0.717, 1.165) is 15.6 Å². The molecule has 0 fully saturated rings. The number of pyridine rings is 1. The standard InChI is InChI=1S/C25H26ClN3O9S2/c1-13-20(26)25(38-28-13)29(11-35-14(2)34-3)40(32,33)23-16-5-4-7-27-24(16)39-22(23)21(31)17-10-19-18(36-12-37-19)9-15(17)6-8-30/h4-5,7,9-10,14,21,30-31H,6,8,11-12H2,1-3H3. The highest BCUT2D eigenvalue weighted by atomic mass is 35.5. The van der Waals surface area contributed by atoms with E-state index in [9.17, 15) is 18.6 Å². The molecule has 1 aliphatic rings. The van der Waals surface area contributed by atoms with Gasteiger partial charge >= 0.3 is 0 Å². The molecular formula is C25H26ClN3O9S2. The number of methoxy groups -OCH3 is 1. The van der Waals surface area contributed by atoms with Crippen LogP contribution in [-0.4, -0.2) is 62.3 Å². The highest BCUT2D eigenvalue weighted by molar-refractivity contribution is 7.93. The van der Waals surface area contributed by atoms with Gasteiger partial charge in [-0.05, 0) is 55.7 Å². The van der Waals surface area contributed by atoms with Crippen molar-refractivity contribution in [1.82, 2.24) is 10.1 Å². The molecule has 0 bridgehead atoms. The maximum atomic E-state index is 14.5. The Morgan fingerprint density at radius 3 is 2.70 bits per heavy atom. The summed E-state index contributed by atoms with van der Waals surface area (Å²) in [6.45, 7) is 2.44. The molecule has 4 aromatic rings. The average molecular weight is 612 g/mol. The van der Waals surface area contributed by atoms with Crippen molar-refractivity contribution in [1.29, 1.82) is 0 Å². The Balaban J connectivity index is 1.70. The van der Waals surface area contributed by atoms with Crippen molar-refractivity contribution in [3.8, 4) is 11.5 Å². The topological polar surface area (TPSA) is 154 Å². The van der Waals surface area contributed by atoms with Gasteiger partial charge in [0.25, 0.3) is 15.9 Å². The summed E-state index contributed by atoms with van der Waals surface area (Å²) in [6, 6.07) is 6.45. The van der Waals surface area contributed by atoms with E-state index < -0.39 is 29.1 Å². The average Bonchev–Trinajstić information content (AvgIpc) is 3.65. The van der Waals surface area contributed by atoms with Crippen molar-refractivity contribution in [2.45, 2.75) is 37.6 Å². The predicted octanol–water partition coefficient (Wildman–Crippen LogP) is 3.75. The Morgan fingerprint density at radius 2 is 2.02 bits per heavy atom. The summed E-state index contributed by atoms with van der Waals surface area (Å²) in [5, 5.41) is 25.5. The molecule has 40 heavy (non-hydrogen) atoms. The number of hydrogen-bond acceptors (Lipinski definition) is 12. The first kappa shape index (κ1) is 28.5. The number of rotatable bonds is 11. The molecule has 0 aliphatic carbocycles. The van der Waals surface area contributed by atoms with Gasteiger partial charge in [0.05, 0.1) is 4.88 Å². The quantitative estimate of drug-likeness (QED) is 0.238. The number of aliphatic hydroxyl groups excluding tert-OH is 2. The van der Waals surface area contributed by atoms with Gasteiger partial charge in [0.1, 0.15) is 33.3 Å². The number of aryl methyl sites for hydroxylation is 1. The van der Waals surface area contributed by atoms with Crippen LogP contribution in [0.1, 0.15) is 34.7 Å². The first-order chi connectivity index (χ1) is 19.2. The van der Waals surface area contributed by atoms with Crippen LogP contribution in [0.4, 0.5) is 5.88 Å². The molecule has 5 rings (SSSR count). The first-order valence-electron chi connectivity index (χ1n) is 12.0. The van der Waals surface area contributed by atoms with Crippen LogP contribution in [0.25, 0.3) is 10.2 Å². The van der Waals surface area contributed by atoms with Gasteiger partial charge in [-0.15, -0.1) is 11.3 Å². The lowest BCUT2D eigenvalue weighted by atomic mass is 9.98. The number of thiophene rings is 1. The van der Waals surface area contributed by atoms with Crippen molar-refractivity contribution in [3.05, 3.63) is 57.2 Å². The Hall–Kier alpha value is -2.98. The van der Waals surface area contributed by atoms with Gasteiger partial charge in [0.2, 0.25) is 6.79 Å². The molecule has 2 N–H and O–H groups in total. The van der Waals surface area contributed by atoms with Crippen LogP contribution in [0.15, 0.2) is 39.9 Å². The molecule has 1 aliphatic heterocycles. The largest absolute Gasteiger partial charge is 0.454 e. The number of benzene rings is 1. The SMILES string of the molecule is COC(C)OCN(c1onc(C)c1Cl)S(=O)(=O)c1c(C(O)c2cc3c(cc2CCO)OCO3)sc2ncccc12. The Morgan fingerprint density at radius 1 is 1.27 bits per heavy atom. The maximum absolute atomic E-state index is 14.5. The predicted molar refractivity (Wildman–Crippen MR) is 145 cm³/mol. The van der Waals surface area contributed by atoms with Crippen LogP contribution < -0.4 is 13.8 Å². The van der Waals surface area contributed by atoms with Crippen LogP contribution in [0.5, 0.6) is 11.5 Å². The summed E-state index contributed by atoms with van der Waals surface area (Å²) in [6.07, 6.45) is -0.481. The third-order valence-electron chi connectivity index (χ3n) is 6.31. The summed E-state index contributed by atoms with van der Waals surface area (Å²) in [5.41, 5.74) is 1.20. The van der Waals surface area contributed by atoms with E-state index in [-0.39, 0.29) is 51.6 Å². The highest BCUT2D eigenvalue weighted by Crippen LogP contribution is 2.45. The van der Waals surface area contributed by atoms with Gasteiger partial charge in [0.15, 0.2) is 17.8 Å². The van der Waals surface area contributed by atoms with Crippen molar-refractivity contribution in [2.75, 3.05) is 31.5 Å². The molecule has 15 heteroatoms. The number of anilines is 1. The smallest absolute Gasteiger partial charge is 0.270 e. The van der Waals surface area contributed by atoms with Crippen molar-refractivity contribution >= 4 is 49.1 Å². The molecule has 4 heterocycles. The number of halogens is 1. The number of nitrogens with zero attached hydrogens (tertiary/aromatic N) is 3. The zero-order valence-electron chi connectivity index (χ0n) is 21.7. The van der Waals surface area contributed by atoms with E-state index in [1.807, 2.05) is 0 Å². The molecule has 0 spiro atoms. The van der Waals surface area contributed by atoms with E-state index in [2.05, 4.69) is 10.1 Å². The van der Waals surface area contributed by atoms with Crippen molar-refractivity contribution < 1.29 is 42.1 Å². The summed E-state index contributed by atoms with van der Waals surface area (Å²) >= 11 is 7.41. The zero-order chi connectivity index (χ0) is 28.6. The molecule has 2 unspecified atom stereocenters. The van der Waals surface area contributed by atoms with Crippen molar-refractivity contribution in [2.24, 2.45) is 0 Å². The van der Waals surface area contributed by atoms with Gasteiger partial charge in [-0.3, -0.25) is 0 Å². The second kappa shape index (κ2) is 11.5. The summed E-state index contributed by atoms with van der Waals surface area (Å²) in [5.74, 6) is 0.609. The lowest BCUT2D eigenvalue weighted by Gasteiger charge is -2.24. The number of hydrogen-bond donors (Lipinski definition) is 2. The molecule has 0 saturated carbocycles. The molecule has 0 saturated heterocycles. The Kier molecular flexibility index (Phi) is 8.20. The van der Waals surface area contributed by atoms with Crippen LogP contribution in [0.3, 0.4) is 0 Å². The zero-order valence-corrected chi connectivity index (χ0v) is 24.0. The second-order valence-electron chi connectivity index (χ2n) is 8.77. The third kappa shape index (κ3) is 5.11. The number of fused-ring (bicyclic) bond motifs is 2. The molecule has 1 aromatic carbocycles. The van der Waals surface area contributed by atoms with Gasteiger partial charge in [-0.1, -0.05) is 16.8 Å². The molecule has 3 aromatic heterocycles. The summed E-state index contributed by atoms with van der Waals surface area (Å²) in [4.78, 5) is 4.59. The van der Waals surface area contributed by atoms with E-state index >= 15 is 0 Å². The van der Waals surface area contributed by atoms with Gasteiger partial charge < -0.3 is 33.7 Å². The molecule has 2 atom stereocenters. The van der Waals surface area contributed by atoms with Crippen LogP contribution in [0.2, 0.25) is 5.02 Å². The van der Waals surface area contributed by atoms with Gasteiger partial charge in [-0.25, -0.2) is 17.7 Å². The van der Waals surface area contributed by atoms with Gasteiger partial charge in [0, 0.05) is 25.3 Å². The summed E-state index contributed by atoms with van der Waals surface area (Å²) in [7, 11) is -3.12. The lowest BCUT2D eigenvalue weighted by molar-refractivity contribution is -0.108. The summed E-state index contributed by atoms with van der Waals surface area (Å²) < 4.78 is 56.8. The Labute approximate surface area is 238 Å². The molecule has 214 valence electrons. The number of sulfonamides is 1. The van der Waals surface area contributed by atoms with Crippen LogP contribution in [0, 0.1) is 6.92 Å². The monoisotopic (exact) mass is 611 g/mol. The highest BCUT2D eigenvalue weighted by Gasteiger charge is 2.38. The molecule has 0 amide bonds. The first-order valence-corrected chi connectivity index (χ1v) is 14.7. The number of ether oxygens (including phenoxy) is 4. The second-order valence-corrected chi connectivity index (χ2v) is 12.0. The van der Waals surface area contributed by atoms with Crippen LogP contribution >= 0.6 is 22.9 Å².